The highest BCUT2D eigenvalue weighted by Gasteiger charge is 2.27. The number of rotatable bonds is 57. The van der Waals surface area contributed by atoms with Gasteiger partial charge in [-0.1, -0.05) is 260 Å². The van der Waals surface area contributed by atoms with Gasteiger partial charge in [-0.15, -0.1) is 0 Å². The maximum absolute atomic E-state index is 13.5. The molecule has 0 bridgehead atoms. The third kappa shape index (κ3) is 57.7. The first kappa shape index (κ1) is 74.2. The van der Waals surface area contributed by atoms with Crippen LogP contribution in [0.5, 0.6) is 0 Å². The SMILES string of the molecule is CC/C=C/C=C/C=C\CCCCCCCC(=O)OC(/C=C\CCCCCCCCCCCCC)C(COP(=O)([O-])OCC[N+](C)(C)C)NC(=O)CCCCCCCCCCCCCC/C=C\C/C=C\C/C=C\CCCCC. The minimum Gasteiger partial charge on any atom is -0.756 e. The minimum atomic E-state index is -4.71. The van der Waals surface area contributed by atoms with E-state index in [0.29, 0.717) is 23.9 Å². The number of likely N-dealkylation sites (N-methyl/N-ethyl adjacent to an activating group) is 1. The number of ether oxygens (including phenoxy) is 1. The lowest BCUT2D eigenvalue weighted by Gasteiger charge is -2.30. The maximum atomic E-state index is 13.5. The highest BCUT2D eigenvalue weighted by molar-refractivity contribution is 7.45. The molecule has 0 rings (SSSR count). The van der Waals surface area contributed by atoms with Gasteiger partial charge in [0.25, 0.3) is 7.82 Å². The summed E-state index contributed by atoms with van der Waals surface area (Å²) in [5, 5.41) is 3.03. The molecule has 0 saturated heterocycles. The Morgan fingerprint density at radius 1 is 0.481 bits per heavy atom. The molecule has 0 fully saturated rings. The average molecular weight is 1100 g/mol. The fraction of sp³-hybridized carbons (Fsp3) is 0.761. The van der Waals surface area contributed by atoms with Crippen molar-refractivity contribution in [3.8, 4) is 0 Å². The number of carbonyl (C=O) groups excluding carboxylic acids is 2. The van der Waals surface area contributed by atoms with E-state index in [1.165, 1.54) is 141 Å². The van der Waals surface area contributed by atoms with Crippen LogP contribution >= 0.6 is 7.82 Å². The lowest BCUT2D eigenvalue weighted by atomic mass is 10.0. The van der Waals surface area contributed by atoms with Crippen LogP contribution in [-0.2, 0) is 27.9 Å². The molecule has 10 heteroatoms. The number of hydrogen-bond donors (Lipinski definition) is 1. The van der Waals surface area contributed by atoms with Crippen molar-refractivity contribution in [3.63, 3.8) is 0 Å². The summed E-state index contributed by atoms with van der Waals surface area (Å²) in [6.07, 6.45) is 74.1. The van der Waals surface area contributed by atoms with Crippen LogP contribution in [0.25, 0.3) is 0 Å². The second-order valence-corrected chi connectivity index (χ2v) is 24.0. The Hall–Kier alpha value is -2.81. The van der Waals surface area contributed by atoms with Crippen molar-refractivity contribution >= 4 is 19.7 Å². The Kier molecular flexibility index (Phi) is 54.4. The van der Waals surface area contributed by atoms with E-state index in [9.17, 15) is 19.0 Å². The number of hydrogen-bond acceptors (Lipinski definition) is 7. The van der Waals surface area contributed by atoms with Gasteiger partial charge in [0.15, 0.2) is 0 Å². The van der Waals surface area contributed by atoms with Gasteiger partial charge in [0.1, 0.15) is 19.3 Å². The van der Waals surface area contributed by atoms with Crippen LogP contribution < -0.4 is 10.2 Å². The third-order valence-electron chi connectivity index (χ3n) is 13.9. The van der Waals surface area contributed by atoms with E-state index in [1.807, 2.05) is 33.3 Å². The van der Waals surface area contributed by atoms with Crippen LogP contribution in [0, 0.1) is 0 Å². The summed E-state index contributed by atoms with van der Waals surface area (Å²) in [6, 6.07) is -0.901. The Morgan fingerprint density at radius 3 is 1.38 bits per heavy atom. The lowest BCUT2D eigenvalue weighted by molar-refractivity contribution is -0.870. The van der Waals surface area contributed by atoms with Crippen molar-refractivity contribution in [1.82, 2.24) is 5.32 Å². The second kappa shape index (κ2) is 56.5. The average Bonchev–Trinajstić information content (AvgIpc) is 3.39. The van der Waals surface area contributed by atoms with Gasteiger partial charge in [-0.05, 0) is 89.5 Å². The number of allylic oxidation sites excluding steroid dienone is 13. The number of amides is 1. The van der Waals surface area contributed by atoms with Crippen LogP contribution in [0.1, 0.15) is 278 Å². The Balaban J connectivity index is 5.14. The number of phosphoric ester groups is 1. The molecule has 0 aliphatic heterocycles. The molecule has 446 valence electrons. The van der Waals surface area contributed by atoms with Crippen molar-refractivity contribution < 1.29 is 37.3 Å². The highest BCUT2D eigenvalue weighted by Crippen LogP contribution is 2.38. The van der Waals surface area contributed by atoms with Crippen LogP contribution in [0.2, 0.25) is 0 Å². The number of nitrogens with zero attached hydrogens (tertiary/aromatic N) is 1. The number of carbonyl (C=O) groups is 2. The number of unbranched alkanes of at least 4 members (excludes halogenated alkanes) is 31. The van der Waals surface area contributed by atoms with Gasteiger partial charge in [0.2, 0.25) is 5.91 Å². The summed E-state index contributed by atoms with van der Waals surface area (Å²) in [5.41, 5.74) is 0. The summed E-state index contributed by atoms with van der Waals surface area (Å²) in [5.74, 6) is -0.566. The summed E-state index contributed by atoms with van der Waals surface area (Å²) in [7, 11) is 1.17. The van der Waals surface area contributed by atoms with E-state index in [-0.39, 0.29) is 24.9 Å². The first-order valence-corrected chi connectivity index (χ1v) is 33.4. The van der Waals surface area contributed by atoms with Gasteiger partial charge in [-0.25, -0.2) is 0 Å². The largest absolute Gasteiger partial charge is 0.756 e. The molecular formula is C67H121N2O7P. The minimum absolute atomic E-state index is 0.0290. The molecule has 1 amide bonds. The molecule has 0 aliphatic rings. The molecule has 0 saturated carbocycles. The van der Waals surface area contributed by atoms with Crippen molar-refractivity contribution in [2.24, 2.45) is 0 Å². The van der Waals surface area contributed by atoms with Crippen LogP contribution in [0.4, 0.5) is 0 Å². The first-order chi connectivity index (χ1) is 37.4. The number of nitrogens with one attached hydrogen (secondary N) is 1. The molecule has 77 heavy (non-hydrogen) atoms. The van der Waals surface area contributed by atoms with E-state index >= 15 is 0 Å². The van der Waals surface area contributed by atoms with Gasteiger partial charge < -0.3 is 28.5 Å². The van der Waals surface area contributed by atoms with Crippen LogP contribution in [-0.4, -0.2) is 69.4 Å². The molecule has 0 spiro atoms. The van der Waals surface area contributed by atoms with Crippen molar-refractivity contribution in [2.75, 3.05) is 40.9 Å². The van der Waals surface area contributed by atoms with Gasteiger partial charge in [0, 0.05) is 12.8 Å². The molecule has 0 aromatic heterocycles. The summed E-state index contributed by atoms with van der Waals surface area (Å²) >= 11 is 0. The Bertz CT molecular complexity index is 1590. The molecular weight excluding hydrogens is 976 g/mol. The maximum Gasteiger partial charge on any atom is 0.306 e. The molecule has 0 radical (unpaired) electrons. The van der Waals surface area contributed by atoms with E-state index in [4.69, 9.17) is 13.8 Å². The Morgan fingerprint density at radius 2 is 0.883 bits per heavy atom. The molecule has 1 N–H and O–H groups in total. The number of quaternary nitrogens is 1. The van der Waals surface area contributed by atoms with Crippen molar-refractivity contribution in [1.29, 1.82) is 0 Å². The van der Waals surface area contributed by atoms with Gasteiger partial charge in [0.05, 0.1) is 33.8 Å². The van der Waals surface area contributed by atoms with Gasteiger partial charge in [-0.2, -0.15) is 0 Å². The topological polar surface area (TPSA) is 114 Å². The van der Waals surface area contributed by atoms with E-state index in [0.717, 1.165) is 96.3 Å². The van der Waals surface area contributed by atoms with Crippen molar-refractivity contribution in [2.45, 2.75) is 290 Å². The smallest absolute Gasteiger partial charge is 0.306 e. The molecule has 0 aliphatic carbocycles. The normalized spacial score (nSPS) is 14.2. The molecule has 3 unspecified atom stereocenters. The first-order valence-electron chi connectivity index (χ1n) is 31.9. The van der Waals surface area contributed by atoms with E-state index in [1.54, 1.807) is 0 Å². The van der Waals surface area contributed by atoms with E-state index < -0.39 is 26.6 Å². The quantitative estimate of drug-likeness (QED) is 0.0161. The standard InChI is InChI=1S/C67H121N2O7P/c1-7-10-13-16-19-22-25-28-29-30-31-32-33-34-35-36-37-38-39-42-44-47-50-53-56-59-66(70)68-64(63-75-77(72,73)74-62-61-69(4,5)6)65(58-55-52-49-46-43-40-26-23-20-17-14-11-8-2)76-67(71)60-57-54-51-48-45-41-27-24-21-18-15-12-9-3/h12,15,18-19,21-22,24,27-29,31-32,55,58,64-65H,7-11,13-14,16-17,20,23,25-26,30,33-54,56-57,59-63H2,1-6H3,(H-,68,70,72,73)/b15-12+,21-18+,22-19-,27-24-,29-28-,32-31-,58-55-. The molecule has 0 aromatic carbocycles. The van der Waals surface area contributed by atoms with E-state index in [2.05, 4.69) is 99.0 Å². The van der Waals surface area contributed by atoms with Gasteiger partial charge in [-0.3, -0.25) is 14.2 Å². The summed E-state index contributed by atoms with van der Waals surface area (Å²) in [4.78, 5) is 40.0. The summed E-state index contributed by atoms with van der Waals surface area (Å²) in [6.45, 7) is 6.68. The third-order valence-corrected chi connectivity index (χ3v) is 14.8. The fourth-order valence-electron chi connectivity index (χ4n) is 8.94. The second-order valence-electron chi connectivity index (χ2n) is 22.6. The Labute approximate surface area is 476 Å². The predicted octanol–water partition coefficient (Wildman–Crippen LogP) is 19.1. The fourth-order valence-corrected chi connectivity index (χ4v) is 9.66. The molecule has 9 nitrogen and oxygen atoms in total. The van der Waals surface area contributed by atoms with Crippen LogP contribution in [0.15, 0.2) is 85.1 Å². The van der Waals surface area contributed by atoms with Gasteiger partial charge >= 0.3 is 5.97 Å². The van der Waals surface area contributed by atoms with Crippen LogP contribution in [0.3, 0.4) is 0 Å². The predicted molar refractivity (Wildman–Crippen MR) is 330 cm³/mol. The van der Waals surface area contributed by atoms with Crippen molar-refractivity contribution in [3.05, 3.63) is 85.1 Å². The summed E-state index contributed by atoms with van der Waals surface area (Å²) < 4.78 is 30.3. The molecule has 0 aromatic rings. The highest BCUT2D eigenvalue weighted by atomic mass is 31.2. The molecule has 0 heterocycles. The zero-order valence-corrected chi connectivity index (χ0v) is 51.8. The number of esters is 1. The monoisotopic (exact) mass is 1100 g/mol. The molecule has 3 atom stereocenters. The zero-order chi connectivity index (χ0) is 56.4. The zero-order valence-electron chi connectivity index (χ0n) is 50.9. The lowest BCUT2D eigenvalue weighted by Crippen LogP contribution is -2.47. The number of phosphoric acid groups is 1.